The molecule has 2 amide bonds. The Bertz CT molecular complexity index is 434. The van der Waals surface area contributed by atoms with Crippen molar-refractivity contribution < 1.29 is 9.59 Å². The Morgan fingerprint density at radius 1 is 1.37 bits per heavy atom. The first-order chi connectivity index (χ1) is 8.40. The molecule has 0 radical (unpaired) electrons. The number of pyridine rings is 1. The second kappa shape index (κ2) is 7.58. The van der Waals surface area contributed by atoms with Crippen LogP contribution in [-0.2, 0) is 16.0 Å². The third kappa shape index (κ3) is 5.56. The van der Waals surface area contributed by atoms with Crippen LogP contribution in [0.1, 0.15) is 19.5 Å². The van der Waals surface area contributed by atoms with E-state index in [-0.39, 0.29) is 37.3 Å². The van der Waals surface area contributed by atoms with Gasteiger partial charge >= 0.3 is 0 Å². The van der Waals surface area contributed by atoms with Crippen LogP contribution >= 0.6 is 12.4 Å². The molecule has 106 valence electrons. The van der Waals surface area contributed by atoms with Crippen molar-refractivity contribution in [3.8, 4) is 0 Å². The standard InChI is InChI=1S/C12H18N4O2.ClH/c1-8(2)16(7-11(14)17)12(18)5-10-4-3-9(13)6-15-10;/h3-4,6,8H,5,7,13H2,1-2H3,(H2,14,17);1H. The van der Waals surface area contributed by atoms with E-state index in [1.807, 2.05) is 13.8 Å². The van der Waals surface area contributed by atoms with Gasteiger partial charge in [-0.25, -0.2) is 0 Å². The van der Waals surface area contributed by atoms with Gasteiger partial charge in [0.25, 0.3) is 0 Å². The van der Waals surface area contributed by atoms with Gasteiger partial charge in [0.2, 0.25) is 11.8 Å². The summed E-state index contributed by atoms with van der Waals surface area (Å²) in [6.07, 6.45) is 1.63. The highest BCUT2D eigenvalue weighted by molar-refractivity contribution is 5.85. The third-order valence-electron chi connectivity index (χ3n) is 2.45. The molecule has 1 aromatic heterocycles. The molecule has 0 saturated carbocycles. The molecule has 0 spiro atoms. The maximum absolute atomic E-state index is 12.0. The van der Waals surface area contributed by atoms with Crippen LogP contribution in [0.4, 0.5) is 5.69 Å². The molecule has 7 heteroatoms. The minimum atomic E-state index is -0.526. The fourth-order valence-electron chi connectivity index (χ4n) is 1.52. The molecule has 0 saturated heterocycles. The highest BCUT2D eigenvalue weighted by Crippen LogP contribution is 2.06. The van der Waals surface area contributed by atoms with Gasteiger partial charge in [-0.1, -0.05) is 0 Å². The number of hydrogen-bond donors (Lipinski definition) is 2. The molecular weight excluding hydrogens is 268 g/mol. The predicted octanol–water partition coefficient (Wildman–Crippen LogP) is 0.350. The largest absolute Gasteiger partial charge is 0.397 e. The molecule has 4 N–H and O–H groups in total. The number of carbonyl (C=O) groups excluding carboxylic acids is 2. The summed E-state index contributed by atoms with van der Waals surface area (Å²) in [6, 6.07) is 3.29. The van der Waals surface area contributed by atoms with Crippen LogP contribution < -0.4 is 11.5 Å². The summed E-state index contributed by atoms with van der Waals surface area (Å²) in [6.45, 7) is 3.58. The summed E-state index contributed by atoms with van der Waals surface area (Å²) >= 11 is 0. The topological polar surface area (TPSA) is 102 Å². The number of aromatic nitrogens is 1. The number of nitrogen functional groups attached to an aromatic ring is 1. The normalized spacial score (nSPS) is 9.84. The number of hydrogen-bond acceptors (Lipinski definition) is 4. The number of nitrogens with two attached hydrogens (primary N) is 2. The van der Waals surface area contributed by atoms with E-state index in [9.17, 15) is 9.59 Å². The fraction of sp³-hybridized carbons (Fsp3) is 0.417. The second-order valence-corrected chi connectivity index (χ2v) is 4.34. The van der Waals surface area contributed by atoms with Gasteiger partial charge in [0.1, 0.15) is 0 Å². The van der Waals surface area contributed by atoms with Crippen LogP contribution in [0.2, 0.25) is 0 Å². The van der Waals surface area contributed by atoms with Crippen molar-refractivity contribution in [1.82, 2.24) is 9.88 Å². The number of primary amides is 1. The molecule has 0 aromatic carbocycles. The number of carbonyl (C=O) groups is 2. The van der Waals surface area contributed by atoms with Crippen molar-refractivity contribution in [2.24, 2.45) is 5.73 Å². The van der Waals surface area contributed by atoms with Gasteiger partial charge in [-0.15, -0.1) is 12.4 Å². The summed E-state index contributed by atoms with van der Waals surface area (Å²) in [4.78, 5) is 28.4. The van der Waals surface area contributed by atoms with E-state index in [0.717, 1.165) is 0 Å². The Morgan fingerprint density at radius 3 is 2.42 bits per heavy atom. The molecule has 1 aromatic rings. The first-order valence-electron chi connectivity index (χ1n) is 5.68. The number of nitrogens with zero attached hydrogens (tertiary/aromatic N) is 2. The molecule has 0 aliphatic carbocycles. The number of rotatable bonds is 5. The lowest BCUT2D eigenvalue weighted by molar-refractivity contribution is -0.136. The monoisotopic (exact) mass is 286 g/mol. The number of anilines is 1. The fourth-order valence-corrected chi connectivity index (χ4v) is 1.52. The zero-order valence-electron chi connectivity index (χ0n) is 11.0. The van der Waals surface area contributed by atoms with E-state index in [2.05, 4.69) is 4.98 Å². The highest BCUT2D eigenvalue weighted by Gasteiger charge is 2.19. The van der Waals surface area contributed by atoms with Crippen LogP contribution in [0.3, 0.4) is 0 Å². The van der Waals surface area contributed by atoms with Gasteiger partial charge in [-0.05, 0) is 26.0 Å². The van der Waals surface area contributed by atoms with E-state index in [4.69, 9.17) is 11.5 Å². The Hall–Kier alpha value is -1.82. The van der Waals surface area contributed by atoms with Crippen molar-refractivity contribution in [2.75, 3.05) is 12.3 Å². The van der Waals surface area contributed by atoms with E-state index in [1.54, 1.807) is 12.1 Å². The van der Waals surface area contributed by atoms with Gasteiger partial charge in [-0.2, -0.15) is 0 Å². The maximum atomic E-state index is 12.0. The van der Waals surface area contributed by atoms with Gasteiger partial charge in [0.05, 0.1) is 24.8 Å². The highest BCUT2D eigenvalue weighted by atomic mass is 35.5. The van der Waals surface area contributed by atoms with Gasteiger partial charge in [0, 0.05) is 11.7 Å². The van der Waals surface area contributed by atoms with Gasteiger partial charge < -0.3 is 16.4 Å². The van der Waals surface area contributed by atoms with E-state index < -0.39 is 5.91 Å². The molecule has 19 heavy (non-hydrogen) atoms. The molecule has 1 rings (SSSR count). The van der Waals surface area contributed by atoms with E-state index >= 15 is 0 Å². The molecule has 6 nitrogen and oxygen atoms in total. The molecule has 0 atom stereocenters. The molecule has 1 heterocycles. The first kappa shape index (κ1) is 17.2. The average Bonchev–Trinajstić information content (AvgIpc) is 2.28. The molecular formula is C12H19ClN4O2. The van der Waals surface area contributed by atoms with Crippen molar-refractivity contribution in [3.63, 3.8) is 0 Å². The zero-order valence-corrected chi connectivity index (χ0v) is 11.8. The smallest absolute Gasteiger partial charge is 0.237 e. The number of halogens is 1. The van der Waals surface area contributed by atoms with Crippen LogP contribution in [0.25, 0.3) is 0 Å². The quantitative estimate of drug-likeness (QED) is 0.815. The van der Waals surface area contributed by atoms with Crippen molar-refractivity contribution in [2.45, 2.75) is 26.3 Å². The maximum Gasteiger partial charge on any atom is 0.237 e. The first-order valence-corrected chi connectivity index (χ1v) is 5.68. The molecule has 0 unspecified atom stereocenters. The van der Waals surface area contributed by atoms with Crippen LogP contribution in [0, 0.1) is 0 Å². The summed E-state index contributed by atoms with van der Waals surface area (Å²) in [5, 5.41) is 0. The molecule has 0 bridgehead atoms. The summed E-state index contributed by atoms with van der Waals surface area (Å²) < 4.78 is 0. The Morgan fingerprint density at radius 2 is 2.00 bits per heavy atom. The van der Waals surface area contributed by atoms with Crippen LogP contribution in [0.5, 0.6) is 0 Å². The molecule has 0 aliphatic rings. The Balaban J connectivity index is 0.00000324. The van der Waals surface area contributed by atoms with Crippen molar-refractivity contribution in [1.29, 1.82) is 0 Å². The van der Waals surface area contributed by atoms with Crippen LogP contribution in [-0.4, -0.2) is 34.3 Å². The lowest BCUT2D eigenvalue weighted by Gasteiger charge is -2.25. The average molecular weight is 287 g/mol. The third-order valence-corrected chi connectivity index (χ3v) is 2.45. The summed E-state index contributed by atoms with van der Waals surface area (Å²) in [5.74, 6) is -0.705. The van der Waals surface area contributed by atoms with E-state index in [1.165, 1.54) is 11.1 Å². The molecule has 0 fully saturated rings. The van der Waals surface area contributed by atoms with Crippen LogP contribution in [0.15, 0.2) is 18.3 Å². The summed E-state index contributed by atoms with van der Waals surface area (Å²) in [7, 11) is 0. The minimum Gasteiger partial charge on any atom is -0.397 e. The predicted molar refractivity (Wildman–Crippen MR) is 75.6 cm³/mol. The lowest BCUT2D eigenvalue weighted by Crippen LogP contribution is -2.43. The van der Waals surface area contributed by atoms with E-state index in [0.29, 0.717) is 11.4 Å². The van der Waals surface area contributed by atoms with Crippen molar-refractivity contribution in [3.05, 3.63) is 24.0 Å². The SMILES string of the molecule is CC(C)N(CC(N)=O)C(=O)Cc1ccc(N)cn1.Cl. The Labute approximate surface area is 118 Å². The zero-order chi connectivity index (χ0) is 13.7. The van der Waals surface area contributed by atoms with Gasteiger partial charge in [0.15, 0.2) is 0 Å². The molecule has 0 aliphatic heterocycles. The summed E-state index contributed by atoms with van der Waals surface area (Å²) in [5.41, 5.74) is 11.8. The Kier molecular flexibility index (Phi) is 6.85. The number of amides is 2. The minimum absolute atomic E-state index is 0. The second-order valence-electron chi connectivity index (χ2n) is 4.34. The van der Waals surface area contributed by atoms with Crippen molar-refractivity contribution >= 4 is 29.9 Å². The lowest BCUT2D eigenvalue weighted by atomic mass is 10.2. The van der Waals surface area contributed by atoms with Gasteiger partial charge in [-0.3, -0.25) is 14.6 Å².